The van der Waals surface area contributed by atoms with Gasteiger partial charge in [-0.15, -0.1) is 13.2 Å². The molecule has 0 fully saturated rings. The van der Waals surface area contributed by atoms with Gasteiger partial charge in [-0.05, 0) is 12.1 Å². The molecule has 5 nitrogen and oxygen atoms in total. The molecule has 106 valence electrons. The maximum Gasteiger partial charge on any atom is 0.573 e. The second-order valence-corrected chi connectivity index (χ2v) is 3.56. The maximum absolute atomic E-state index is 12.3. The number of para-hydroxylation sites is 1. The Morgan fingerprint density at radius 2 is 2.11 bits per heavy atom. The molecule has 1 amide bonds. The van der Waals surface area contributed by atoms with Crippen molar-refractivity contribution in [3.8, 4) is 5.75 Å². The van der Waals surface area contributed by atoms with Crippen LogP contribution in [0.4, 0.5) is 24.5 Å². The van der Waals surface area contributed by atoms with E-state index in [1.165, 1.54) is 19.1 Å². The number of nitrogens with one attached hydrogen (secondary N) is 2. The number of amides is 1. The van der Waals surface area contributed by atoms with E-state index in [-0.39, 0.29) is 24.5 Å². The van der Waals surface area contributed by atoms with Crippen LogP contribution in [0.25, 0.3) is 0 Å². The first-order chi connectivity index (χ1) is 8.83. The smallest absolute Gasteiger partial charge is 0.403 e. The number of carbonyl (C=O) groups is 1. The average Bonchev–Trinajstić information content (AvgIpc) is 2.25. The zero-order chi connectivity index (χ0) is 14.5. The average molecular weight is 278 g/mol. The van der Waals surface area contributed by atoms with Crippen molar-refractivity contribution in [2.24, 2.45) is 0 Å². The van der Waals surface area contributed by atoms with Gasteiger partial charge in [0.15, 0.2) is 5.75 Å². The van der Waals surface area contributed by atoms with Gasteiger partial charge in [-0.2, -0.15) is 0 Å². The van der Waals surface area contributed by atoms with Crippen LogP contribution in [0.1, 0.15) is 6.92 Å². The van der Waals surface area contributed by atoms with Crippen molar-refractivity contribution in [1.82, 2.24) is 0 Å². The number of benzene rings is 1. The molecule has 1 aromatic carbocycles. The van der Waals surface area contributed by atoms with Crippen LogP contribution in [0, 0.1) is 0 Å². The van der Waals surface area contributed by atoms with E-state index in [9.17, 15) is 18.0 Å². The molecular formula is C11H13F3N2O3. The second kappa shape index (κ2) is 6.28. The third-order valence-electron chi connectivity index (χ3n) is 1.98. The Morgan fingerprint density at radius 3 is 2.63 bits per heavy atom. The van der Waals surface area contributed by atoms with Crippen LogP contribution in [0.2, 0.25) is 0 Å². The van der Waals surface area contributed by atoms with E-state index in [1.807, 2.05) is 0 Å². The van der Waals surface area contributed by atoms with Crippen molar-refractivity contribution in [3.63, 3.8) is 0 Å². The van der Waals surface area contributed by atoms with E-state index >= 15 is 0 Å². The molecule has 0 bridgehead atoms. The molecule has 0 aliphatic rings. The molecule has 1 rings (SSSR count). The van der Waals surface area contributed by atoms with E-state index in [1.54, 1.807) is 0 Å². The number of anilines is 2. The fourth-order valence-corrected chi connectivity index (χ4v) is 1.40. The van der Waals surface area contributed by atoms with Crippen molar-refractivity contribution in [2.45, 2.75) is 13.3 Å². The van der Waals surface area contributed by atoms with Crippen LogP contribution >= 0.6 is 0 Å². The number of aliphatic hydroxyl groups is 1. The molecular weight excluding hydrogens is 265 g/mol. The lowest BCUT2D eigenvalue weighted by Gasteiger charge is -2.17. The Labute approximate surface area is 107 Å². The minimum Gasteiger partial charge on any atom is -0.403 e. The van der Waals surface area contributed by atoms with E-state index < -0.39 is 18.0 Å². The highest BCUT2D eigenvalue weighted by atomic mass is 19.4. The van der Waals surface area contributed by atoms with Gasteiger partial charge in [0.05, 0.1) is 12.3 Å². The first-order valence-electron chi connectivity index (χ1n) is 5.34. The van der Waals surface area contributed by atoms with Crippen LogP contribution < -0.4 is 15.4 Å². The molecule has 0 spiro atoms. The SMILES string of the molecule is CC(=O)Nc1cccc(OC(F)(F)F)c1NCCO. The zero-order valence-electron chi connectivity index (χ0n) is 10.0. The number of hydrogen-bond donors (Lipinski definition) is 3. The summed E-state index contributed by atoms with van der Waals surface area (Å²) in [5.41, 5.74) is 0.103. The standard InChI is InChI=1S/C11H13F3N2O3/c1-7(18)16-8-3-2-4-9(19-11(12,13)14)10(8)15-5-6-17/h2-4,15,17H,5-6H2,1H3,(H,16,18). The first kappa shape index (κ1) is 15.1. The molecule has 1 aromatic rings. The summed E-state index contributed by atoms with van der Waals surface area (Å²) in [4.78, 5) is 11.0. The lowest BCUT2D eigenvalue weighted by atomic mass is 10.2. The Bertz CT molecular complexity index is 449. The van der Waals surface area contributed by atoms with Crippen LogP contribution in [-0.2, 0) is 4.79 Å². The van der Waals surface area contributed by atoms with Gasteiger partial charge < -0.3 is 20.5 Å². The highest BCUT2D eigenvalue weighted by molar-refractivity contribution is 5.94. The van der Waals surface area contributed by atoms with Gasteiger partial charge >= 0.3 is 6.36 Å². The lowest BCUT2D eigenvalue weighted by Crippen LogP contribution is -2.19. The molecule has 0 aliphatic heterocycles. The highest BCUT2D eigenvalue weighted by Crippen LogP contribution is 2.35. The largest absolute Gasteiger partial charge is 0.573 e. The van der Waals surface area contributed by atoms with Gasteiger partial charge in [0.1, 0.15) is 5.69 Å². The molecule has 8 heteroatoms. The fourth-order valence-electron chi connectivity index (χ4n) is 1.40. The van der Waals surface area contributed by atoms with Gasteiger partial charge in [-0.3, -0.25) is 4.79 Å². The molecule has 0 heterocycles. The number of rotatable bonds is 5. The summed E-state index contributed by atoms with van der Waals surface area (Å²) in [6.45, 7) is 0.970. The number of hydrogen-bond acceptors (Lipinski definition) is 4. The topological polar surface area (TPSA) is 70.6 Å². The van der Waals surface area contributed by atoms with Gasteiger partial charge in [0.25, 0.3) is 0 Å². The van der Waals surface area contributed by atoms with Gasteiger partial charge in [0.2, 0.25) is 5.91 Å². The Kier molecular flexibility index (Phi) is 4.99. The van der Waals surface area contributed by atoms with E-state index in [2.05, 4.69) is 15.4 Å². The van der Waals surface area contributed by atoms with Crippen molar-refractivity contribution in [2.75, 3.05) is 23.8 Å². The molecule has 0 unspecified atom stereocenters. The maximum atomic E-state index is 12.3. The zero-order valence-corrected chi connectivity index (χ0v) is 10.0. The fraction of sp³-hybridized carbons (Fsp3) is 0.364. The van der Waals surface area contributed by atoms with Gasteiger partial charge in [-0.25, -0.2) is 0 Å². The summed E-state index contributed by atoms with van der Waals surface area (Å²) < 4.78 is 40.6. The summed E-state index contributed by atoms with van der Waals surface area (Å²) in [5.74, 6) is -0.914. The molecule has 0 aromatic heterocycles. The summed E-state index contributed by atoms with van der Waals surface area (Å²) in [6.07, 6.45) is -4.84. The number of carbonyl (C=O) groups excluding carboxylic acids is 1. The van der Waals surface area contributed by atoms with E-state index in [4.69, 9.17) is 5.11 Å². The predicted molar refractivity (Wildman–Crippen MR) is 63.0 cm³/mol. The second-order valence-electron chi connectivity index (χ2n) is 3.56. The van der Waals surface area contributed by atoms with Crippen LogP contribution in [0.5, 0.6) is 5.75 Å². The Morgan fingerprint density at radius 1 is 1.42 bits per heavy atom. The van der Waals surface area contributed by atoms with E-state index in [0.29, 0.717) is 0 Å². The summed E-state index contributed by atoms with van der Waals surface area (Å²) in [7, 11) is 0. The molecule has 0 radical (unpaired) electrons. The molecule has 0 atom stereocenters. The monoisotopic (exact) mass is 278 g/mol. The number of halogens is 3. The summed E-state index contributed by atoms with van der Waals surface area (Å²) in [6, 6.07) is 3.85. The minimum atomic E-state index is -4.84. The molecule has 19 heavy (non-hydrogen) atoms. The van der Waals surface area contributed by atoms with Crippen LogP contribution in [0.15, 0.2) is 18.2 Å². The number of aliphatic hydroxyl groups excluding tert-OH is 1. The van der Waals surface area contributed by atoms with E-state index in [0.717, 1.165) is 6.07 Å². The first-order valence-corrected chi connectivity index (χ1v) is 5.34. The lowest BCUT2D eigenvalue weighted by molar-refractivity contribution is -0.274. The predicted octanol–water partition coefficient (Wildman–Crippen LogP) is 1.95. The van der Waals surface area contributed by atoms with Crippen LogP contribution in [0.3, 0.4) is 0 Å². The van der Waals surface area contributed by atoms with Crippen molar-refractivity contribution in [3.05, 3.63) is 18.2 Å². The van der Waals surface area contributed by atoms with Gasteiger partial charge in [-0.1, -0.05) is 6.07 Å². The van der Waals surface area contributed by atoms with Gasteiger partial charge in [0, 0.05) is 13.5 Å². The third-order valence-corrected chi connectivity index (χ3v) is 1.98. The Balaban J connectivity index is 3.09. The molecule has 0 saturated carbocycles. The van der Waals surface area contributed by atoms with Crippen molar-refractivity contribution < 1.29 is 27.8 Å². The third kappa shape index (κ3) is 5.04. The number of ether oxygens (including phenoxy) is 1. The summed E-state index contributed by atoms with van der Waals surface area (Å²) >= 11 is 0. The quantitative estimate of drug-likeness (QED) is 0.770. The highest BCUT2D eigenvalue weighted by Gasteiger charge is 2.32. The minimum absolute atomic E-state index is 0.0187. The normalized spacial score (nSPS) is 11.0. The summed E-state index contributed by atoms with van der Waals surface area (Å²) in [5, 5.41) is 13.7. The molecule has 0 aliphatic carbocycles. The number of alkyl halides is 3. The molecule has 3 N–H and O–H groups in total. The van der Waals surface area contributed by atoms with Crippen LogP contribution in [-0.4, -0.2) is 30.5 Å². The van der Waals surface area contributed by atoms with Crippen molar-refractivity contribution >= 4 is 17.3 Å². The molecule has 0 saturated heterocycles. The Hall–Kier alpha value is -1.96. The van der Waals surface area contributed by atoms with Crippen molar-refractivity contribution in [1.29, 1.82) is 0 Å².